The van der Waals surface area contributed by atoms with Crippen molar-refractivity contribution in [2.24, 2.45) is 5.73 Å². The van der Waals surface area contributed by atoms with Crippen LogP contribution in [-0.4, -0.2) is 32.3 Å². The standard InChI is InChI=1S/C10H12ClNO4S/c1-17(15,16)6-2-3-9(11)7(4-6)8(5-12)10(13)14/h2-4,8H,5,12H2,1H3,(H,13,14). The average molecular weight is 278 g/mol. The first-order chi connectivity index (χ1) is 7.77. The van der Waals surface area contributed by atoms with E-state index in [1.54, 1.807) is 0 Å². The second-order valence-electron chi connectivity index (χ2n) is 3.58. The van der Waals surface area contributed by atoms with Crippen LogP contribution in [0.5, 0.6) is 0 Å². The molecule has 1 rings (SSSR count). The Hall–Kier alpha value is -1.11. The van der Waals surface area contributed by atoms with Gasteiger partial charge in [0.1, 0.15) is 0 Å². The van der Waals surface area contributed by atoms with Crippen LogP contribution in [0.15, 0.2) is 23.1 Å². The third-order valence-electron chi connectivity index (χ3n) is 2.30. The quantitative estimate of drug-likeness (QED) is 0.851. The Balaban J connectivity index is 3.38. The van der Waals surface area contributed by atoms with Gasteiger partial charge < -0.3 is 10.8 Å². The topological polar surface area (TPSA) is 97.5 Å². The normalized spacial score (nSPS) is 13.4. The molecule has 0 aromatic heterocycles. The molecule has 0 radical (unpaired) electrons. The van der Waals surface area contributed by atoms with Crippen LogP contribution >= 0.6 is 11.6 Å². The van der Waals surface area contributed by atoms with E-state index in [2.05, 4.69) is 0 Å². The van der Waals surface area contributed by atoms with E-state index in [4.69, 9.17) is 22.4 Å². The first-order valence-corrected chi connectivity index (χ1v) is 6.96. The molecule has 0 aliphatic rings. The molecule has 0 bridgehead atoms. The highest BCUT2D eigenvalue weighted by Gasteiger charge is 2.22. The molecule has 94 valence electrons. The fourth-order valence-corrected chi connectivity index (χ4v) is 2.29. The number of carboxylic acid groups (broad SMARTS) is 1. The molecule has 3 N–H and O–H groups in total. The maximum atomic E-state index is 11.4. The van der Waals surface area contributed by atoms with Crippen molar-refractivity contribution in [1.29, 1.82) is 0 Å². The summed E-state index contributed by atoms with van der Waals surface area (Å²) in [6, 6.07) is 3.94. The lowest BCUT2D eigenvalue weighted by molar-refractivity contribution is -0.138. The smallest absolute Gasteiger partial charge is 0.312 e. The van der Waals surface area contributed by atoms with Crippen molar-refractivity contribution < 1.29 is 18.3 Å². The second-order valence-corrected chi connectivity index (χ2v) is 6.00. The first-order valence-electron chi connectivity index (χ1n) is 4.69. The van der Waals surface area contributed by atoms with E-state index >= 15 is 0 Å². The van der Waals surface area contributed by atoms with Crippen LogP contribution in [0.25, 0.3) is 0 Å². The number of carbonyl (C=O) groups is 1. The van der Waals surface area contributed by atoms with E-state index in [1.165, 1.54) is 18.2 Å². The molecular formula is C10H12ClNO4S. The number of hydrogen-bond acceptors (Lipinski definition) is 4. The minimum Gasteiger partial charge on any atom is -0.481 e. The summed E-state index contributed by atoms with van der Waals surface area (Å²) in [6.45, 7) is -0.151. The summed E-state index contributed by atoms with van der Waals surface area (Å²) in [5.74, 6) is -2.15. The number of sulfone groups is 1. The minimum absolute atomic E-state index is 0.0246. The van der Waals surface area contributed by atoms with Gasteiger partial charge in [-0.3, -0.25) is 4.79 Å². The van der Waals surface area contributed by atoms with Gasteiger partial charge in [0, 0.05) is 17.8 Å². The predicted octanol–water partition coefficient (Wildman–Crippen LogP) is 0.870. The number of benzene rings is 1. The predicted molar refractivity (Wildman–Crippen MR) is 64.0 cm³/mol. The van der Waals surface area contributed by atoms with E-state index in [0.717, 1.165) is 6.26 Å². The van der Waals surface area contributed by atoms with Gasteiger partial charge in [-0.1, -0.05) is 11.6 Å². The van der Waals surface area contributed by atoms with E-state index in [-0.39, 0.29) is 22.0 Å². The summed E-state index contributed by atoms with van der Waals surface area (Å²) in [5.41, 5.74) is 5.56. The monoisotopic (exact) mass is 277 g/mol. The molecule has 0 saturated carbocycles. The molecule has 1 unspecified atom stereocenters. The molecule has 0 spiro atoms. The van der Waals surface area contributed by atoms with E-state index in [1.807, 2.05) is 0 Å². The lowest BCUT2D eigenvalue weighted by Gasteiger charge is -2.13. The first kappa shape index (κ1) is 14.0. The van der Waals surface area contributed by atoms with Gasteiger partial charge in [-0.25, -0.2) is 8.42 Å². The van der Waals surface area contributed by atoms with Gasteiger partial charge in [0.15, 0.2) is 9.84 Å². The Labute approximate surface area is 104 Å². The van der Waals surface area contributed by atoms with Crippen LogP contribution in [0.2, 0.25) is 5.02 Å². The van der Waals surface area contributed by atoms with Crippen molar-refractivity contribution in [1.82, 2.24) is 0 Å². The van der Waals surface area contributed by atoms with E-state index in [0.29, 0.717) is 0 Å². The van der Waals surface area contributed by atoms with Crippen molar-refractivity contribution in [3.8, 4) is 0 Å². The minimum atomic E-state index is -3.40. The number of nitrogens with two attached hydrogens (primary N) is 1. The van der Waals surface area contributed by atoms with Crippen LogP contribution in [-0.2, 0) is 14.6 Å². The molecule has 7 heteroatoms. The summed E-state index contributed by atoms with van der Waals surface area (Å²) in [5, 5.41) is 9.15. The molecule has 17 heavy (non-hydrogen) atoms. The second kappa shape index (κ2) is 5.03. The van der Waals surface area contributed by atoms with Crippen molar-refractivity contribution in [2.45, 2.75) is 10.8 Å². The Morgan fingerprint density at radius 1 is 1.53 bits per heavy atom. The molecule has 5 nitrogen and oxygen atoms in total. The highest BCUT2D eigenvalue weighted by molar-refractivity contribution is 7.90. The lowest BCUT2D eigenvalue weighted by atomic mass is 9.99. The number of halogens is 1. The Bertz CT molecular complexity index is 541. The van der Waals surface area contributed by atoms with Crippen LogP contribution in [0.4, 0.5) is 0 Å². The summed E-state index contributed by atoms with van der Waals surface area (Å²) < 4.78 is 22.7. The SMILES string of the molecule is CS(=O)(=O)c1ccc(Cl)c(C(CN)C(=O)O)c1. The molecular weight excluding hydrogens is 266 g/mol. The molecule has 1 aromatic carbocycles. The molecule has 0 amide bonds. The third kappa shape index (κ3) is 3.18. The summed E-state index contributed by atoms with van der Waals surface area (Å²) >= 11 is 5.85. The Kier molecular flexibility index (Phi) is 4.13. The molecule has 0 aliphatic carbocycles. The van der Waals surface area contributed by atoms with Crippen molar-refractivity contribution in [3.05, 3.63) is 28.8 Å². The summed E-state index contributed by atoms with van der Waals surface area (Å²) in [7, 11) is -3.40. The zero-order valence-electron chi connectivity index (χ0n) is 9.05. The Morgan fingerprint density at radius 3 is 2.53 bits per heavy atom. The third-order valence-corrected chi connectivity index (χ3v) is 3.76. The van der Waals surface area contributed by atoms with Gasteiger partial charge in [-0.2, -0.15) is 0 Å². The molecule has 0 heterocycles. The molecule has 1 aromatic rings. The van der Waals surface area contributed by atoms with E-state index < -0.39 is 21.7 Å². The van der Waals surface area contributed by atoms with Crippen LogP contribution < -0.4 is 5.73 Å². The van der Waals surface area contributed by atoms with Crippen LogP contribution in [0.3, 0.4) is 0 Å². The number of rotatable bonds is 4. The molecule has 0 aliphatic heterocycles. The largest absolute Gasteiger partial charge is 0.481 e. The number of carboxylic acids is 1. The zero-order chi connectivity index (χ0) is 13.2. The van der Waals surface area contributed by atoms with Crippen LogP contribution in [0.1, 0.15) is 11.5 Å². The molecule has 0 saturated heterocycles. The van der Waals surface area contributed by atoms with Crippen LogP contribution in [0, 0.1) is 0 Å². The highest BCUT2D eigenvalue weighted by atomic mass is 35.5. The maximum absolute atomic E-state index is 11.4. The lowest BCUT2D eigenvalue weighted by Crippen LogP contribution is -2.21. The summed E-state index contributed by atoms with van der Waals surface area (Å²) in [6.07, 6.45) is 1.04. The fourth-order valence-electron chi connectivity index (χ4n) is 1.38. The van der Waals surface area contributed by atoms with Crippen molar-refractivity contribution in [3.63, 3.8) is 0 Å². The van der Waals surface area contributed by atoms with Gasteiger partial charge in [0.2, 0.25) is 0 Å². The van der Waals surface area contributed by atoms with Gasteiger partial charge in [-0.15, -0.1) is 0 Å². The molecule has 0 fully saturated rings. The summed E-state index contributed by atoms with van der Waals surface area (Å²) in [4.78, 5) is 11.0. The fraction of sp³-hybridized carbons (Fsp3) is 0.300. The average Bonchev–Trinajstić information content (AvgIpc) is 2.19. The maximum Gasteiger partial charge on any atom is 0.312 e. The van der Waals surface area contributed by atoms with Gasteiger partial charge in [0.25, 0.3) is 0 Å². The highest BCUT2D eigenvalue weighted by Crippen LogP contribution is 2.27. The van der Waals surface area contributed by atoms with Gasteiger partial charge in [0.05, 0.1) is 10.8 Å². The number of aliphatic carboxylic acids is 1. The van der Waals surface area contributed by atoms with E-state index in [9.17, 15) is 13.2 Å². The van der Waals surface area contributed by atoms with Gasteiger partial charge >= 0.3 is 5.97 Å². The zero-order valence-corrected chi connectivity index (χ0v) is 10.6. The number of hydrogen-bond donors (Lipinski definition) is 2. The van der Waals surface area contributed by atoms with Gasteiger partial charge in [-0.05, 0) is 23.8 Å². The molecule has 1 atom stereocenters. The van der Waals surface area contributed by atoms with Crippen molar-refractivity contribution in [2.75, 3.05) is 12.8 Å². The Morgan fingerprint density at radius 2 is 2.12 bits per heavy atom. The van der Waals surface area contributed by atoms with Crippen molar-refractivity contribution >= 4 is 27.4 Å².